The smallest absolute Gasteiger partial charge is 0.193 e. The Hall–Kier alpha value is -0.910. The Labute approximate surface area is 131 Å². The number of rotatable bonds is 4. The molecule has 1 fully saturated rings. The van der Waals surface area contributed by atoms with E-state index in [1.165, 1.54) is 5.69 Å². The van der Waals surface area contributed by atoms with E-state index >= 15 is 0 Å². The molecule has 3 heterocycles. The van der Waals surface area contributed by atoms with Gasteiger partial charge in [0.15, 0.2) is 4.96 Å². The maximum absolute atomic E-state index is 4.76. The second-order valence-corrected chi connectivity index (χ2v) is 7.66. The van der Waals surface area contributed by atoms with Crippen LogP contribution in [0.1, 0.15) is 39.8 Å². The summed E-state index contributed by atoms with van der Waals surface area (Å²) in [6.07, 6.45) is 5.42. The van der Waals surface area contributed by atoms with Crippen molar-refractivity contribution in [2.75, 3.05) is 13.1 Å². The van der Waals surface area contributed by atoms with Gasteiger partial charge in [-0.05, 0) is 19.3 Å². The monoisotopic (exact) mass is 306 g/mol. The number of hydrogen-bond acceptors (Lipinski definition) is 4. The molecule has 0 radical (unpaired) electrons. The first kappa shape index (κ1) is 15.0. The molecule has 1 aliphatic heterocycles. The van der Waals surface area contributed by atoms with E-state index in [1.54, 1.807) is 11.3 Å². The standard InChI is InChI=1S/C16H26N4S/c1-5-16(4)11-17-14(12(2)3)10-20(16)9-13-8-19-6-7-21-15(19)18-13/h6-8,12,14,17H,5,9-11H2,1-4H3. The third-order valence-corrected chi connectivity index (χ3v) is 5.76. The fourth-order valence-corrected chi connectivity index (χ4v) is 3.80. The zero-order chi connectivity index (χ0) is 15.0. The molecule has 2 unspecified atom stereocenters. The number of imidazole rings is 1. The molecule has 0 spiro atoms. The van der Waals surface area contributed by atoms with Crippen molar-refractivity contribution >= 4 is 16.3 Å². The van der Waals surface area contributed by atoms with Gasteiger partial charge in [0, 0.05) is 49.0 Å². The summed E-state index contributed by atoms with van der Waals surface area (Å²) in [4.78, 5) is 8.48. The number of piperazine rings is 1. The molecule has 0 amide bonds. The molecular weight excluding hydrogens is 280 g/mol. The van der Waals surface area contributed by atoms with Crippen LogP contribution in [0.3, 0.4) is 0 Å². The largest absolute Gasteiger partial charge is 0.311 e. The molecule has 0 aromatic carbocycles. The highest BCUT2D eigenvalue weighted by Crippen LogP contribution is 2.27. The Bertz CT molecular complexity index is 574. The second-order valence-electron chi connectivity index (χ2n) is 6.79. The molecule has 4 nitrogen and oxygen atoms in total. The lowest BCUT2D eigenvalue weighted by molar-refractivity contribution is 0.0308. The van der Waals surface area contributed by atoms with Gasteiger partial charge in [0.1, 0.15) is 0 Å². The third-order valence-electron chi connectivity index (χ3n) is 4.99. The van der Waals surface area contributed by atoms with Crippen LogP contribution in [0, 0.1) is 5.92 Å². The first-order chi connectivity index (χ1) is 10.0. The van der Waals surface area contributed by atoms with Gasteiger partial charge in [0.2, 0.25) is 0 Å². The Balaban J connectivity index is 1.80. The Kier molecular flexibility index (Phi) is 4.08. The quantitative estimate of drug-likeness (QED) is 0.942. The van der Waals surface area contributed by atoms with Gasteiger partial charge in [0.25, 0.3) is 0 Å². The van der Waals surface area contributed by atoms with Crippen LogP contribution in [0.2, 0.25) is 0 Å². The van der Waals surface area contributed by atoms with Gasteiger partial charge in [0.05, 0.1) is 5.69 Å². The molecule has 0 saturated carbocycles. The van der Waals surface area contributed by atoms with Crippen molar-refractivity contribution in [3.8, 4) is 0 Å². The molecule has 0 bridgehead atoms. The van der Waals surface area contributed by atoms with Crippen LogP contribution in [0.25, 0.3) is 4.96 Å². The number of nitrogens with zero attached hydrogens (tertiary/aromatic N) is 3. The van der Waals surface area contributed by atoms with Gasteiger partial charge in [-0.3, -0.25) is 9.30 Å². The van der Waals surface area contributed by atoms with Crippen molar-refractivity contribution in [1.29, 1.82) is 0 Å². The fraction of sp³-hybridized carbons (Fsp3) is 0.688. The first-order valence-electron chi connectivity index (χ1n) is 7.91. The lowest BCUT2D eigenvalue weighted by Gasteiger charge is -2.48. The zero-order valence-corrected chi connectivity index (χ0v) is 14.3. The molecular formula is C16H26N4S. The summed E-state index contributed by atoms with van der Waals surface area (Å²) in [6, 6.07) is 0.577. The summed E-state index contributed by atoms with van der Waals surface area (Å²) in [5.41, 5.74) is 1.41. The van der Waals surface area contributed by atoms with E-state index in [-0.39, 0.29) is 5.54 Å². The molecule has 1 aliphatic rings. The van der Waals surface area contributed by atoms with Crippen LogP contribution in [-0.4, -0.2) is 39.0 Å². The molecule has 116 valence electrons. The summed E-state index contributed by atoms with van der Waals surface area (Å²) in [5.74, 6) is 0.666. The fourth-order valence-electron chi connectivity index (χ4n) is 3.08. The molecule has 3 rings (SSSR count). The topological polar surface area (TPSA) is 32.6 Å². The van der Waals surface area contributed by atoms with Crippen molar-refractivity contribution < 1.29 is 0 Å². The SMILES string of the molecule is CCC1(C)CNC(C(C)C)CN1Cc1cn2ccsc2n1. The van der Waals surface area contributed by atoms with Crippen LogP contribution in [0.4, 0.5) is 0 Å². The molecule has 2 atom stereocenters. The summed E-state index contributed by atoms with van der Waals surface area (Å²) in [6.45, 7) is 12.4. The molecule has 2 aromatic rings. The number of fused-ring (bicyclic) bond motifs is 1. The molecule has 5 heteroatoms. The van der Waals surface area contributed by atoms with Crippen LogP contribution in [0.15, 0.2) is 17.8 Å². The molecule has 1 N–H and O–H groups in total. The zero-order valence-electron chi connectivity index (χ0n) is 13.5. The van der Waals surface area contributed by atoms with Gasteiger partial charge in [-0.15, -0.1) is 11.3 Å². The van der Waals surface area contributed by atoms with E-state index < -0.39 is 0 Å². The van der Waals surface area contributed by atoms with Crippen molar-refractivity contribution in [1.82, 2.24) is 19.6 Å². The molecule has 2 aromatic heterocycles. The minimum absolute atomic E-state index is 0.225. The second kappa shape index (κ2) is 5.71. The Morgan fingerprint density at radius 1 is 1.52 bits per heavy atom. The molecule has 0 aliphatic carbocycles. The third kappa shape index (κ3) is 2.87. The Morgan fingerprint density at radius 3 is 3.00 bits per heavy atom. The summed E-state index contributed by atoms with van der Waals surface area (Å²) >= 11 is 1.70. The van der Waals surface area contributed by atoms with E-state index in [9.17, 15) is 0 Å². The average molecular weight is 306 g/mol. The highest BCUT2D eigenvalue weighted by Gasteiger charge is 2.37. The van der Waals surface area contributed by atoms with Gasteiger partial charge >= 0.3 is 0 Å². The maximum Gasteiger partial charge on any atom is 0.193 e. The van der Waals surface area contributed by atoms with Gasteiger partial charge in [-0.2, -0.15) is 0 Å². The van der Waals surface area contributed by atoms with E-state index in [2.05, 4.69) is 60.1 Å². The minimum atomic E-state index is 0.225. The van der Waals surface area contributed by atoms with E-state index in [0.29, 0.717) is 12.0 Å². The lowest BCUT2D eigenvalue weighted by atomic mass is 9.89. The summed E-state index contributed by atoms with van der Waals surface area (Å²) < 4.78 is 2.13. The summed E-state index contributed by atoms with van der Waals surface area (Å²) in [7, 11) is 0. The number of nitrogens with one attached hydrogen (secondary N) is 1. The first-order valence-corrected chi connectivity index (χ1v) is 8.79. The predicted octanol–water partition coefficient (Wildman–Crippen LogP) is 2.99. The highest BCUT2D eigenvalue weighted by molar-refractivity contribution is 7.15. The minimum Gasteiger partial charge on any atom is -0.311 e. The summed E-state index contributed by atoms with van der Waals surface area (Å²) in [5, 5.41) is 5.82. The normalized spacial score (nSPS) is 27.8. The number of thiazole rings is 1. The predicted molar refractivity (Wildman–Crippen MR) is 88.8 cm³/mol. The van der Waals surface area contributed by atoms with Crippen molar-refractivity contribution in [3.05, 3.63) is 23.5 Å². The van der Waals surface area contributed by atoms with Crippen molar-refractivity contribution in [2.45, 2.75) is 52.2 Å². The Morgan fingerprint density at radius 2 is 2.33 bits per heavy atom. The van der Waals surface area contributed by atoms with Crippen LogP contribution in [0.5, 0.6) is 0 Å². The molecule has 21 heavy (non-hydrogen) atoms. The van der Waals surface area contributed by atoms with Crippen molar-refractivity contribution in [2.24, 2.45) is 5.92 Å². The van der Waals surface area contributed by atoms with Gasteiger partial charge in [-0.25, -0.2) is 4.98 Å². The highest BCUT2D eigenvalue weighted by atomic mass is 32.1. The van der Waals surface area contributed by atoms with E-state index in [4.69, 9.17) is 4.98 Å². The van der Waals surface area contributed by atoms with Crippen LogP contribution >= 0.6 is 11.3 Å². The maximum atomic E-state index is 4.76. The lowest BCUT2D eigenvalue weighted by Crippen LogP contribution is -2.63. The van der Waals surface area contributed by atoms with Crippen LogP contribution in [-0.2, 0) is 6.54 Å². The average Bonchev–Trinajstić information content (AvgIpc) is 3.02. The number of aromatic nitrogens is 2. The van der Waals surface area contributed by atoms with E-state index in [0.717, 1.165) is 31.0 Å². The van der Waals surface area contributed by atoms with Gasteiger partial charge < -0.3 is 5.32 Å². The van der Waals surface area contributed by atoms with Crippen molar-refractivity contribution in [3.63, 3.8) is 0 Å². The molecule has 1 saturated heterocycles. The van der Waals surface area contributed by atoms with Gasteiger partial charge in [-0.1, -0.05) is 20.8 Å². The van der Waals surface area contributed by atoms with Crippen LogP contribution < -0.4 is 5.32 Å². The number of hydrogen-bond donors (Lipinski definition) is 1. The van der Waals surface area contributed by atoms with E-state index in [1.807, 2.05) is 0 Å².